The highest BCUT2D eigenvalue weighted by molar-refractivity contribution is 6.33. The van der Waals surface area contributed by atoms with Gasteiger partial charge in [-0.25, -0.2) is 4.98 Å². The van der Waals surface area contributed by atoms with Crippen molar-refractivity contribution in [1.82, 2.24) is 4.98 Å². The summed E-state index contributed by atoms with van der Waals surface area (Å²) in [5.41, 5.74) is -0.871. The number of rotatable bonds is 4. The normalized spacial score (nSPS) is 13.8. The number of nitrogens with one attached hydrogen (secondary N) is 1. The fraction of sp³-hybridized carbons (Fsp3) is 0.545. The molecule has 18 heavy (non-hydrogen) atoms. The van der Waals surface area contributed by atoms with Crippen LogP contribution in [0.1, 0.15) is 19.4 Å². The number of hydrogen-bond donors (Lipinski definition) is 1. The van der Waals surface area contributed by atoms with Gasteiger partial charge >= 0.3 is 6.18 Å². The molecule has 0 aliphatic heterocycles. The lowest BCUT2D eigenvalue weighted by atomic mass is 10.1. The van der Waals surface area contributed by atoms with E-state index >= 15 is 0 Å². The summed E-state index contributed by atoms with van der Waals surface area (Å²) in [5, 5.41) is 2.61. The minimum atomic E-state index is -4.44. The zero-order chi connectivity index (χ0) is 13.9. The molecule has 102 valence electrons. The lowest BCUT2D eigenvalue weighted by Gasteiger charge is -2.15. The third kappa shape index (κ3) is 4.21. The van der Waals surface area contributed by atoms with Gasteiger partial charge in [-0.3, -0.25) is 0 Å². The fourth-order valence-electron chi connectivity index (χ4n) is 1.15. The van der Waals surface area contributed by atoms with E-state index in [1.54, 1.807) is 0 Å². The first-order chi connectivity index (χ1) is 8.21. The van der Waals surface area contributed by atoms with Crippen molar-refractivity contribution in [1.29, 1.82) is 0 Å². The molecule has 1 N–H and O–H groups in total. The fourth-order valence-corrected chi connectivity index (χ4v) is 1.46. The Kier molecular flexibility index (Phi) is 5.10. The van der Waals surface area contributed by atoms with E-state index in [0.29, 0.717) is 6.54 Å². The molecule has 0 aliphatic carbocycles. The van der Waals surface area contributed by atoms with Crippen molar-refractivity contribution >= 4 is 29.0 Å². The second-order valence-corrected chi connectivity index (χ2v) is 5.16. The quantitative estimate of drug-likeness (QED) is 0.832. The van der Waals surface area contributed by atoms with E-state index in [1.807, 2.05) is 13.8 Å². The Morgan fingerprint density at radius 2 is 2.00 bits per heavy atom. The van der Waals surface area contributed by atoms with E-state index in [0.717, 1.165) is 12.3 Å². The molecular weight excluding hydrogens is 288 g/mol. The van der Waals surface area contributed by atoms with Gasteiger partial charge < -0.3 is 5.32 Å². The zero-order valence-electron chi connectivity index (χ0n) is 9.85. The van der Waals surface area contributed by atoms with E-state index in [2.05, 4.69) is 10.3 Å². The average Bonchev–Trinajstić information content (AvgIpc) is 2.25. The van der Waals surface area contributed by atoms with Gasteiger partial charge in [-0.1, -0.05) is 25.4 Å². The van der Waals surface area contributed by atoms with Crippen LogP contribution in [0.25, 0.3) is 0 Å². The van der Waals surface area contributed by atoms with Crippen LogP contribution < -0.4 is 5.32 Å². The molecule has 1 unspecified atom stereocenters. The Morgan fingerprint density at radius 1 is 1.39 bits per heavy atom. The number of halogens is 5. The van der Waals surface area contributed by atoms with E-state index in [9.17, 15) is 13.2 Å². The van der Waals surface area contributed by atoms with E-state index in [1.165, 1.54) is 0 Å². The van der Waals surface area contributed by atoms with Crippen LogP contribution in [0.4, 0.5) is 19.0 Å². The molecule has 0 radical (unpaired) electrons. The Morgan fingerprint density at radius 3 is 2.44 bits per heavy atom. The van der Waals surface area contributed by atoms with Crippen LogP contribution >= 0.6 is 23.2 Å². The molecule has 0 amide bonds. The minimum Gasteiger partial charge on any atom is -0.367 e. The predicted octanol–water partition coefficient (Wildman–Crippen LogP) is 4.43. The Bertz CT molecular complexity index is 408. The predicted molar refractivity (Wildman–Crippen MR) is 67.2 cm³/mol. The first-order valence-electron chi connectivity index (χ1n) is 5.32. The van der Waals surface area contributed by atoms with Crippen molar-refractivity contribution in [2.75, 3.05) is 11.9 Å². The van der Waals surface area contributed by atoms with Gasteiger partial charge in [0.2, 0.25) is 0 Å². The molecule has 0 aliphatic rings. The van der Waals surface area contributed by atoms with Gasteiger partial charge in [-0.05, 0) is 12.0 Å². The number of aromatic nitrogens is 1. The molecule has 0 spiro atoms. The second-order valence-electron chi connectivity index (χ2n) is 4.19. The Labute approximate surface area is 113 Å². The number of nitrogens with zero attached hydrogens (tertiary/aromatic N) is 1. The first-order valence-corrected chi connectivity index (χ1v) is 6.14. The van der Waals surface area contributed by atoms with Crippen molar-refractivity contribution in [2.24, 2.45) is 5.92 Å². The van der Waals surface area contributed by atoms with Gasteiger partial charge in [-0.15, -0.1) is 11.6 Å². The van der Waals surface area contributed by atoms with Gasteiger partial charge in [0.05, 0.1) is 16.0 Å². The monoisotopic (exact) mass is 300 g/mol. The molecule has 0 aromatic carbocycles. The second kappa shape index (κ2) is 5.97. The molecule has 0 bridgehead atoms. The topological polar surface area (TPSA) is 24.9 Å². The van der Waals surface area contributed by atoms with E-state index in [-0.39, 0.29) is 22.1 Å². The molecule has 1 aromatic heterocycles. The summed E-state index contributed by atoms with van der Waals surface area (Å²) in [4.78, 5) is 3.65. The maximum Gasteiger partial charge on any atom is 0.417 e. The maximum atomic E-state index is 12.4. The van der Waals surface area contributed by atoms with E-state index in [4.69, 9.17) is 23.2 Å². The highest BCUT2D eigenvalue weighted by Crippen LogP contribution is 2.32. The first kappa shape index (κ1) is 15.4. The summed E-state index contributed by atoms with van der Waals surface area (Å²) >= 11 is 11.7. The lowest BCUT2D eigenvalue weighted by Crippen LogP contribution is -2.20. The summed E-state index contributed by atoms with van der Waals surface area (Å²) in [5.74, 6) is 0.448. The van der Waals surface area contributed by atoms with Crippen LogP contribution in [-0.2, 0) is 6.18 Å². The van der Waals surface area contributed by atoms with Gasteiger partial charge in [-0.2, -0.15) is 13.2 Å². The summed E-state index contributed by atoms with van der Waals surface area (Å²) in [6.45, 7) is 4.28. The van der Waals surface area contributed by atoms with Crippen LogP contribution in [0, 0.1) is 5.92 Å². The highest BCUT2D eigenvalue weighted by Gasteiger charge is 2.31. The highest BCUT2D eigenvalue weighted by atomic mass is 35.5. The summed E-state index contributed by atoms with van der Waals surface area (Å²) < 4.78 is 37.1. The smallest absolute Gasteiger partial charge is 0.367 e. The van der Waals surface area contributed by atoms with Crippen molar-refractivity contribution in [3.05, 3.63) is 22.8 Å². The summed E-state index contributed by atoms with van der Waals surface area (Å²) in [6, 6.07) is 0.843. The average molecular weight is 301 g/mol. The summed E-state index contributed by atoms with van der Waals surface area (Å²) in [7, 11) is 0. The molecule has 1 heterocycles. The van der Waals surface area contributed by atoms with Crippen molar-refractivity contribution in [3.8, 4) is 0 Å². The molecule has 1 aromatic rings. The molecule has 0 saturated heterocycles. The molecule has 7 heteroatoms. The van der Waals surface area contributed by atoms with Crippen LogP contribution in [-0.4, -0.2) is 16.9 Å². The largest absolute Gasteiger partial charge is 0.417 e. The maximum absolute atomic E-state index is 12.4. The van der Waals surface area contributed by atoms with Crippen LogP contribution in [0.2, 0.25) is 5.02 Å². The molecule has 2 nitrogen and oxygen atoms in total. The number of pyridine rings is 1. The third-order valence-electron chi connectivity index (χ3n) is 2.36. The van der Waals surface area contributed by atoms with Crippen molar-refractivity contribution < 1.29 is 13.2 Å². The molecular formula is C11H13Cl2F3N2. The Hall–Kier alpha value is -0.680. The molecule has 0 fully saturated rings. The molecule has 1 atom stereocenters. The van der Waals surface area contributed by atoms with Gasteiger partial charge in [0, 0.05) is 12.7 Å². The molecule has 1 rings (SSSR count). The van der Waals surface area contributed by atoms with Crippen molar-refractivity contribution in [3.63, 3.8) is 0 Å². The molecule has 0 saturated carbocycles. The van der Waals surface area contributed by atoms with E-state index < -0.39 is 11.7 Å². The van der Waals surface area contributed by atoms with Gasteiger partial charge in [0.15, 0.2) is 0 Å². The standard InChI is InChI=1S/C11H13Cl2F3N2/c1-6(2)9(13)5-18-10-8(12)3-7(4-17-10)11(14,15)16/h3-4,6,9H,5H2,1-2H3,(H,17,18). The van der Waals surface area contributed by atoms with Crippen LogP contribution in [0.5, 0.6) is 0 Å². The number of alkyl halides is 4. The van der Waals surface area contributed by atoms with Gasteiger partial charge in [0.1, 0.15) is 5.82 Å². The van der Waals surface area contributed by atoms with Crippen molar-refractivity contribution in [2.45, 2.75) is 25.4 Å². The van der Waals surface area contributed by atoms with Crippen LogP contribution in [0.3, 0.4) is 0 Å². The number of anilines is 1. The lowest BCUT2D eigenvalue weighted by molar-refractivity contribution is -0.137. The Balaban J connectivity index is 2.75. The zero-order valence-corrected chi connectivity index (χ0v) is 11.4. The third-order valence-corrected chi connectivity index (χ3v) is 3.30. The summed E-state index contributed by atoms with van der Waals surface area (Å²) in [6.07, 6.45) is -3.70. The number of hydrogen-bond acceptors (Lipinski definition) is 2. The minimum absolute atomic E-state index is 0.0718. The van der Waals surface area contributed by atoms with Crippen LogP contribution in [0.15, 0.2) is 12.3 Å². The SMILES string of the molecule is CC(C)C(Cl)CNc1ncc(C(F)(F)F)cc1Cl. The van der Waals surface area contributed by atoms with Gasteiger partial charge in [0.25, 0.3) is 0 Å².